The lowest BCUT2D eigenvalue weighted by Crippen LogP contribution is -2.42. The van der Waals surface area contributed by atoms with Gasteiger partial charge in [-0.1, -0.05) is 12.1 Å². The molecule has 0 spiro atoms. The van der Waals surface area contributed by atoms with Crippen LogP contribution in [0.15, 0.2) is 28.7 Å². The van der Waals surface area contributed by atoms with E-state index in [-0.39, 0.29) is 23.5 Å². The van der Waals surface area contributed by atoms with Gasteiger partial charge in [0.1, 0.15) is 11.9 Å². The van der Waals surface area contributed by atoms with E-state index in [1.165, 1.54) is 0 Å². The Balaban J connectivity index is 1.78. The van der Waals surface area contributed by atoms with Gasteiger partial charge in [-0.05, 0) is 24.6 Å². The second-order valence-electron chi connectivity index (χ2n) is 5.35. The number of benzene rings is 1. The molecule has 2 heterocycles. The molecule has 116 valence electrons. The van der Waals surface area contributed by atoms with Gasteiger partial charge in [-0.3, -0.25) is 4.79 Å². The molecule has 0 aliphatic carbocycles. The minimum Gasteiger partial charge on any atom is -0.508 e. The van der Waals surface area contributed by atoms with E-state index in [4.69, 9.17) is 9.15 Å². The van der Waals surface area contributed by atoms with E-state index >= 15 is 0 Å². The zero-order chi connectivity index (χ0) is 15.7. The average Bonchev–Trinajstić information content (AvgIpc) is 2.85. The number of nitrogens with zero attached hydrogens (tertiary/aromatic N) is 2. The molecule has 1 aromatic carbocycles. The van der Waals surface area contributed by atoms with Crippen LogP contribution in [0.2, 0.25) is 0 Å². The van der Waals surface area contributed by atoms with Crippen LogP contribution < -0.4 is 0 Å². The Morgan fingerprint density at radius 2 is 2.23 bits per heavy atom. The van der Waals surface area contributed by atoms with Crippen molar-refractivity contribution in [2.45, 2.75) is 20.0 Å². The predicted octanol–water partition coefficient (Wildman–Crippen LogP) is 2.21. The molecule has 1 amide bonds. The zero-order valence-corrected chi connectivity index (χ0v) is 12.6. The van der Waals surface area contributed by atoms with Crippen molar-refractivity contribution in [3.05, 3.63) is 47.2 Å². The monoisotopic (exact) mass is 302 g/mol. The quantitative estimate of drug-likeness (QED) is 0.920. The Hall–Kier alpha value is -2.34. The molecule has 1 atom stereocenters. The number of hydrogen-bond donors (Lipinski definition) is 1. The third-order valence-corrected chi connectivity index (χ3v) is 3.69. The number of ether oxygens (including phenoxy) is 1. The van der Waals surface area contributed by atoms with Crippen LogP contribution in [0, 0.1) is 13.8 Å². The molecular weight excluding hydrogens is 284 g/mol. The molecule has 0 radical (unpaired) electrons. The predicted molar refractivity (Wildman–Crippen MR) is 78.7 cm³/mol. The molecule has 6 heteroatoms. The highest BCUT2D eigenvalue weighted by molar-refractivity contribution is 5.92. The third kappa shape index (κ3) is 2.82. The normalized spacial score (nSPS) is 18.5. The van der Waals surface area contributed by atoms with Crippen molar-refractivity contribution in [1.29, 1.82) is 0 Å². The lowest BCUT2D eigenvalue weighted by atomic mass is 10.1. The topological polar surface area (TPSA) is 75.8 Å². The van der Waals surface area contributed by atoms with Crippen molar-refractivity contribution in [3.8, 4) is 5.75 Å². The number of rotatable bonds is 2. The highest BCUT2D eigenvalue weighted by atomic mass is 16.5. The van der Waals surface area contributed by atoms with Gasteiger partial charge in [-0.25, -0.2) is 4.98 Å². The van der Waals surface area contributed by atoms with Crippen molar-refractivity contribution in [1.82, 2.24) is 9.88 Å². The Kier molecular flexibility index (Phi) is 3.85. The van der Waals surface area contributed by atoms with Crippen molar-refractivity contribution in [2.24, 2.45) is 0 Å². The van der Waals surface area contributed by atoms with Gasteiger partial charge in [-0.15, -0.1) is 0 Å². The van der Waals surface area contributed by atoms with Gasteiger partial charge in [0.2, 0.25) is 5.76 Å². The summed E-state index contributed by atoms with van der Waals surface area (Å²) in [4.78, 5) is 18.4. The summed E-state index contributed by atoms with van der Waals surface area (Å²) < 4.78 is 11.1. The van der Waals surface area contributed by atoms with Gasteiger partial charge in [0.15, 0.2) is 5.89 Å². The number of phenolic OH excluding ortho intramolecular Hbond substituents is 1. The van der Waals surface area contributed by atoms with Crippen LogP contribution in [0.25, 0.3) is 0 Å². The van der Waals surface area contributed by atoms with Gasteiger partial charge >= 0.3 is 0 Å². The maximum Gasteiger partial charge on any atom is 0.291 e. The van der Waals surface area contributed by atoms with Crippen LogP contribution in [0.1, 0.15) is 33.8 Å². The zero-order valence-electron chi connectivity index (χ0n) is 12.6. The summed E-state index contributed by atoms with van der Waals surface area (Å²) in [6, 6.07) is 6.90. The number of phenols is 1. The molecule has 22 heavy (non-hydrogen) atoms. The Morgan fingerprint density at radius 1 is 1.41 bits per heavy atom. The van der Waals surface area contributed by atoms with Crippen LogP contribution in [-0.4, -0.2) is 40.6 Å². The van der Waals surface area contributed by atoms with Crippen LogP contribution in [0.4, 0.5) is 0 Å². The number of carbonyl (C=O) groups is 1. The first-order valence-corrected chi connectivity index (χ1v) is 7.18. The lowest BCUT2D eigenvalue weighted by Gasteiger charge is -2.32. The molecule has 3 rings (SSSR count). The van der Waals surface area contributed by atoms with Crippen molar-refractivity contribution in [3.63, 3.8) is 0 Å². The fraction of sp³-hybridized carbons (Fsp3) is 0.375. The van der Waals surface area contributed by atoms with E-state index < -0.39 is 0 Å². The van der Waals surface area contributed by atoms with Crippen LogP contribution in [0.3, 0.4) is 0 Å². The fourth-order valence-corrected chi connectivity index (χ4v) is 2.63. The molecule has 0 unspecified atom stereocenters. The van der Waals surface area contributed by atoms with E-state index in [9.17, 15) is 9.90 Å². The summed E-state index contributed by atoms with van der Waals surface area (Å²) in [6.45, 7) is 4.85. The number of aromatic hydroxyl groups is 1. The molecule has 1 saturated heterocycles. The molecular formula is C16H18N2O4. The number of morpholine rings is 1. The number of amides is 1. The van der Waals surface area contributed by atoms with E-state index in [1.54, 1.807) is 36.9 Å². The molecule has 1 aromatic heterocycles. The number of carbonyl (C=O) groups excluding carboxylic acids is 1. The molecule has 2 aromatic rings. The molecule has 0 saturated carbocycles. The first-order valence-electron chi connectivity index (χ1n) is 7.18. The van der Waals surface area contributed by atoms with Gasteiger partial charge in [0, 0.05) is 13.5 Å². The van der Waals surface area contributed by atoms with Gasteiger partial charge in [-0.2, -0.15) is 0 Å². The van der Waals surface area contributed by atoms with Crippen molar-refractivity contribution < 1.29 is 19.1 Å². The highest BCUT2D eigenvalue weighted by Crippen LogP contribution is 2.26. The average molecular weight is 302 g/mol. The van der Waals surface area contributed by atoms with E-state index in [0.29, 0.717) is 31.3 Å². The summed E-state index contributed by atoms with van der Waals surface area (Å²) in [5, 5.41) is 9.58. The molecule has 6 nitrogen and oxygen atoms in total. The van der Waals surface area contributed by atoms with Crippen LogP contribution >= 0.6 is 0 Å². The molecule has 1 aliphatic heterocycles. The Labute approximate surface area is 128 Å². The smallest absolute Gasteiger partial charge is 0.291 e. The maximum atomic E-state index is 12.6. The standard InChI is InChI=1S/C16H18N2O4/c1-10-15(22-11(2)17-10)16(20)18-6-7-21-14(9-18)12-4-3-5-13(19)8-12/h3-5,8,14,19H,6-7,9H2,1-2H3/t14-/m0/s1. The fourth-order valence-electron chi connectivity index (χ4n) is 2.63. The Bertz CT molecular complexity index is 695. The second kappa shape index (κ2) is 5.81. The van der Waals surface area contributed by atoms with Crippen molar-refractivity contribution >= 4 is 5.91 Å². The first kappa shape index (κ1) is 14.6. The van der Waals surface area contributed by atoms with Gasteiger partial charge in [0.25, 0.3) is 5.91 Å². The largest absolute Gasteiger partial charge is 0.508 e. The first-order chi connectivity index (χ1) is 10.5. The van der Waals surface area contributed by atoms with Crippen molar-refractivity contribution in [2.75, 3.05) is 19.7 Å². The van der Waals surface area contributed by atoms with Gasteiger partial charge in [0.05, 0.1) is 18.8 Å². The van der Waals surface area contributed by atoms with Gasteiger partial charge < -0.3 is 19.2 Å². The lowest BCUT2D eigenvalue weighted by molar-refractivity contribution is -0.0239. The summed E-state index contributed by atoms with van der Waals surface area (Å²) in [6.07, 6.45) is -0.255. The van der Waals surface area contributed by atoms with E-state index in [2.05, 4.69) is 4.98 Å². The summed E-state index contributed by atoms with van der Waals surface area (Å²) in [7, 11) is 0. The molecule has 1 fully saturated rings. The second-order valence-corrected chi connectivity index (χ2v) is 5.35. The highest BCUT2D eigenvalue weighted by Gasteiger charge is 2.29. The van der Waals surface area contributed by atoms with Crippen LogP contribution in [0.5, 0.6) is 5.75 Å². The maximum absolute atomic E-state index is 12.6. The Morgan fingerprint density at radius 3 is 2.91 bits per heavy atom. The van der Waals surface area contributed by atoms with Crippen LogP contribution in [-0.2, 0) is 4.74 Å². The molecule has 1 aliphatic rings. The third-order valence-electron chi connectivity index (χ3n) is 3.69. The van der Waals surface area contributed by atoms with E-state index in [0.717, 1.165) is 5.56 Å². The molecule has 0 bridgehead atoms. The SMILES string of the molecule is Cc1nc(C)c(C(=O)N2CCO[C@H](c3cccc(O)c3)C2)o1. The summed E-state index contributed by atoms with van der Waals surface area (Å²) in [5.41, 5.74) is 1.45. The van der Waals surface area contributed by atoms with E-state index in [1.807, 2.05) is 6.07 Å². The summed E-state index contributed by atoms with van der Waals surface area (Å²) in [5.74, 6) is 0.783. The summed E-state index contributed by atoms with van der Waals surface area (Å²) >= 11 is 0. The minimum absolute atomic E-state index is 0.174. The number of hydrogen-bond acceptors (Lipinski definition) is 5. The molecule has 1 N–H and O–H groups in total. The number of oxazole rings is 1. The number of aryl methyl sites for hydroxylation is 2. The number of aromatic nitrogens is 1. The minimum atomic E-state index is -0.255.